The second-order valence-electron chi connectivity index (χ2n) is 5.47. The lowest BCUT2D eigenvalue weighted by Crippen LogP contribution is -2.28. The number of phenolic OH excluding ortho intramolecular Hbond substituents is 1. The molecule has 0 spiro atoms. The first kappa shape index (κ1) is 15.6. The zero-order valence-corrected chi connectivity index (χ0v) is 13.6. The molecule has 6 heteroatoms. The van der Waals surface area contributed by atoms with Gasteiger partial charge in [0.15, 0.2) is 0 Å². The molecule has 1 aromatic carbocycles. The fraction of sp³-hybridized carbons (Fsp3) is 0.294. The van der Waals surface area contributed by atoms with Gasteiger partial charge in [-0.2, -0.15) is 5.10 Å². The lowest BCUT2D eigenvalue weighted by molar-refractivity contribution is 0.0955. The molecule has 2 heterocycles. The number of hydrogen-bond acceptors (Lipinski definition) is 5. The molecule has 2 N–H and O–H groups in total. The minimum atomic E-state index is -0.297. The van der Waals surface area contributed by atoms with Crippen molar-refractivity contribution in [1.82, 2.24) is 5.43 Å². The molecule has 0 aliphatic carbocycles. The van der Waals surface area contributed by atoms with E-state index in [4.69, 9.17) is 0 Å². The first-order chi connectivity index (χ1) is 11.2. The SMILES string of the molecule is O=C(NN=Cc1ccc(N2CCCCC2)s1)c1ccc(O)cc1. The molecule has 0 atom stereocenters. The van der Waals surface area contributed by atoms with E-state index >= 15 is 0 Å². The van der Waals surface area contributed by atoms with Gasteiger partial charge in [-0.15, -0.1) is 11.3 Å². The van der Waals surface area contributed by atoms with Gasteiger partial charge in [0.05, 0.1) is 11.2 Å². The normalized spacial score (nSPS) is 15.0. The predicted molar refractivity (Wildman–Crippen MR) is 93.6 cm³/mol. The van der Waals surface area contributed by atoms with Crippen molar-refractivity contribution in [2.24, 2.45) is 5.10 Å². The van der Waals surface area contributed by atoms with E-state index in [1.807, 2.05) is 6.07 Å². The average Bonchev–Trinajstić information content (AvgIpc) is 3.05. The number of thiophene rings is 1. The van der Waals surface area contributed by atoms with Crippen molar-refractivity contribution in [2.75, 3.05) is 18.0 Å². The number of rotatable bonds is 4. The molecule has 1 aliphatic heterocycles. The Hall–Kier alpha value is -2.34. The second-order valence-corrected chi connectivity index (χ2v) is 6.56. The fourth-order valence-corrected chi connectivity index (χ4v) is 3.46. The van der Waals surface area contributed by atoms with Gasteiger partial charge in [0, 0.05) is 23.5 Å². The first-order valence-corrected chi connectivity index (χ1v) is 8.51. The monoisotopic (exact) mass is 329 g/mol. The summed E-state index contributed by atoms with van der Waals surface area (Å²) >= 11 is 1.68. The van der Waals surface area contributed by atoms with Gasteiger partial charge in [0.25, 0.3) is 5.91 Å². The molecule has 120 valence electrons. The van der Waals surface area contributed by atoms with Crippen molar-refractivity contribution in [2.45, 2.75) is 19.3 Å². The van der Waals surface area contributed by atoms with Gasteiger partial charge in [0.2, 0.25) is 0 Å². The van der Waals surface area contributed by atoms with Crippen LogP contribution < -0.4 is 10.3 Å². The van der Waals surface area contributed by atoms with E-state index in [0.29, 0.717) is 5.56 Å². The second kappa shape index (κ2) is 7.28. The molecule has 1 saturated heterocycles. The van der Waals surface area contributed by atoms with Crippen molar-refractivity contribution in [3.05, 3.63) is 46.8 Å². The number of carbonyl (C=O) groups excluding carboxylic acids is 1. The van der Waals surface area contributed by atoms with Crippen LogP contribution in [0, 0.1) is 0 Å². The number of amides is 1. The molecule has 0 unspecified atom stereocenters. The first-order valence-electron chi connectivity index (χ1n) is 7.69. The Labute approximate surface area is 139 Å². The van der Waals surface area contributed by atoms with E-state index in [1.165, 1.54) is 36.4 Å². The van der Waals surface area contributed by atoms with Gasteiger partial charge < -0.3 is 10.0 Å². The van der Waals surface area contributed by atoms with E-state index in [2.05, 4.69) is 21.5 Å². The summed E-state index contributed by atoms with van der Waals surface area (Å²) in [5.74, 6) is -0.164. The maximum Gasteiger partial charge on any atom is 0.271 e. The Bertz CT molecular complexity index is 688. The number of phenols is 1. The number of piperidine rings is 1. The minimum Gasteiger partial charge on any atom is -0.508 e. The van der Waals surface area contributed by atoms with Crippen LogP contribution in [0.2, 0.25) is 0 Å². The van der Waals surface area contributed by atoms with Crippen LogP contribution in [0.1, 0.15) is 34.5 Å². The molecule has 1 aromatic heterocycles. The van der Waals surface area contributed by atoms with Crippen LogP contribution in [-0.4, -0.2) is 30.3 Å². The van der Waals surface area contributed by atoms with Crippen LogP contribution in [0.15, 0.2) is 41.5 Å². The zero-order valence-electron chi connectivity index (χ0n) is 12.7. The van der Waals surface area contributed by atoms with Crippen molar-refractivity contribution >= 4 is 28.5 Å². The van der Waals surface area contributed by atoms with Gasteiger partial charge in [0.1, 0.15) is 5.75 Å². The lowest BCUT2D eigenvalue weighted by atomic mass is 10.1. The third-order valence-corrected chi connectivity index (χ3v) is 4.85. The molecule has 0 bridgehead atoms. The van der Waals surface area contributed by atoms with Crippen LogP contribution in [0.3, 0.4) is 0 Å². The van der Waals surface area contributed by atoms with Crippen molar-refractivity contribution in [3.8, 4) is 5.75 Å². The molecule has 1 aliphatic rings. The maximum atomic E-state index is 11.9. The molecule has 1 amide bonds. The van der Waals surface area contributed by atoms with Gasteiger partial charge in [-0.3, -0.25) is 4.79 Å². The highest BCUT2D eigenvalue weighted by Gasteiger charge is 2.12. The number of nitrogens with zero attached hydrogens (tertiary/aromatic N) is 2. The minimum absolute atomic E-state index is 0.133. The molecule has 3 rings (SSSR count). The van der Waals surface area contributed by atoms with Crippen LogP contribution in [-0.2, 0) is 0 Å². The molecular formula is C17H19N3O2S. The number of aromatic hydroxyl groups is 1. The fourth-order valence-electron chi connectivity index (χ4n) is 2.53. The highest BCUT2D eigenvalue weighted by atomic mass is 32.1. The number of nitrogens with one attached hydrogen (secondary N) is 1. The van der Waals surface area contributed by atoms with E-state index in [9.17, 15) is 9.90 Å². The Morgan fingerprint density at radius 2 is 1.87 bits per heavy atom. The smallest absolute Gasteiger partial charge is 0.271 e. The Balaban J connectivity index is 1.56. The largest absolute Gasteiger partial charge is 0.508 e. The van der Waals surface area contributed by atoms with Crippen molar-refractivity contribution < 1.29 is 9.90 Å². The summed E-state index contributed by atoms with van der Waals surface area (Å²) in [6.45, 7) is 2.24. The summed E-state index contributed by atoms with van der Waals surface area (Å²) < 4.78 is 0. The number of carbonyl (C=O) groups is 1. The molecule has 0 radical (unpaired) electrons. The van der Waals surface area contributed by atoms with Crippen LogP contribution >= 0.6 is 11.3 Å². The Kier molecular flexibility index (Phi) is 4.92. The van der Waals surface area contributed by atoms with Crippen molar-refractivity contribution in [3.63, 3.8) is 0 Å². The van der Waals surface area contributed by atoms with Crippen LogP contribution in [0.25, 0.3) is 0 Å². The number of hydrogen-bond donors (Lipinski definition) is 2. The summed E-state index contributed by atoms with van der Waals surface area (Å²) in [6.07, 6.45) is 5.49. The van der Waals surface area contributed by atoms with E-state index in [-0.39, 0.29) is 11.7 Å². The number of anilines is 1. The Morgan fingerprint density at radius 3 is 2.61 bits per heavy atom. The van der Waals surface area contributed by atoms with E-state index in [0.717, 1.165) is 18.0 Å². The molecule has 5 nitrogen and oxygen atoms in total. The summed E-state index contributed by atoms with van der Waals surface area (Å²) in [6, 6.07) is 10.2. The maximum absolute atomic E-state index is 11.9. The summed E-state index contributed by atoms with van der Waals surface area (Å²) in [5, 5.41) is 14.5. The zero-order chi connectivity index (χ0) is 16.1. The van der Waals surface area contributed by atoms with Crippen LogP contribution in [0.5, 0.6) is 5.75 Å². The molecule has 1 fully saturated rings. The summed E-state index contributed by atoms with van der Waals surface area (Å²) in [7, 11) is 0. The summed E-state index contributed by atoms with van der Waals surface area (Å²) in [5.41, 5.74) is 2.96. The third-order valence-electron chi connectivity index (χ3n) is 3.77. The molecule has 2 aromatic rings. The molecule has 23 heavy (non-hydrogen) atoms. The standard InChI is InChI=1S/C17H19N3O2S/c21-14-6-4-13(5-7-14)17(22)19-18-12-15-8-9-16(23-15)20-10-2-1-3-11-20/h4-9,12,21H,1-3,10-11H2,(H,19,22). The average molecular weight is 329 g/mol. The quantitative estimate of drug-likeness (QED) is 0.669. The highest BCUT2D eigenvalue weighted by Crippen LogP contribution is 2.27. The van der Waals surface area contributed by atoms with Crippen LogP contribution in [0.4, 0.5) is 5.00 Å². The highest BCUT2D eigenvalue weighted by molar-refractivity contribution is 7.17. The van der Waals surface area contributed by atoms with Gasteiger partial charge in [-0.1, -0.05) is 0 Å². The Morgan fingerprint density at radius 1 is 1.13 bits per heavy atom. The van der Waals surface area contributed by atoms with Crippen molar-refractivity contribution in [1.29, 1.82) is 0 Å². The van der Waals surface area contributed by atoms with E-state index < -0.39 is 0 Å². The lowest BCUT2D eigenvalue weighted by Gasteiger charge is -2.27. The topological polar surface area (TPSA) is 64.9 Å². The molecule has 0 saturated carbocycles. The van der Waals surface area contributed by atoms with Gasteiger partial charge in [-0.05, 0) is 55.7 Å². The van der Waals surface area contributed by atoms with Gasteiger partial charge in [-0.25, -0.2) is 5.43 Å². The number of hydrazone groups is 1. The van der Waals surface area contributed by atoms with Gasteiger partial charge >= 0.3 is 0 Å². The predicted octanol–water partition coefficient (Wildman–Crippen LogP) is 3.21. The van der Waals surface area contributed by atoms with E-state index in [1.54, 1.807) is 29.7 Å². The third kappa shape index (κ3) is 4.10. The number of benzene rings is 1. The molecular weight excluding hydrogens is 310 g/mol. The summed E-state index contributed by atoms with van der Waals surface area (Å²) in [4.78, 5) is 15.3.